The normalized spacial score (nSPS) is 12.1. The van der Waals surface area contributed by atoms with Crippen LogP contribution in [0.25, 0.3) is 0 Å². The van der Waals surface area contributed by atoms with Crippen molar-refractivity contribution in [3.8, 4) is 0 Å². The van der Waals surface area contributed by atoms with Gasteiger partial charge in [-0.3, -0.25) is 9.59 Å². The van der Waals surface area contributed by atoms with Gasteiger partial charge in [-0.1, -0.05) is 4.49 Å². The van der Waals surface area contributed by atoms with E-state index in [0.717, 1.165) is 11.5 Å². The van der Waals surface area contributed by atoms with Crippen LogP contribution in [-0.4, -0.2) is 39.2 Å². The molecule has 0 saturated heterocycles. The minimum absolute atomic E-state index is 0.145. The van der Waals surface area contributed by atoms with Gasteiger partial charge in [-0.25, -0.2) is 0 Å². The molecule has 14 heavy (non-hydrogen) atoms. The minimum Gasteiger partial charge on any atom is -0.381 e. The fourth-order valence-electron chi connectivity index (χ4n) is 0.644. The lowest BCUT2D eigenvalue weighted by molar-refractivity contribution is -0.125. The molecule has 0 aliphatic carbocycles. The van der Waals surface area contributed by atoms with Crippen molar-refractivity contribution in [3.63, 3.8) is 0 Å². The highest BCUT2D eigenvalue weighted by Gasteiger charge is 2.14. The number of aliphatic hydroxyl groups is 1. The highest BCUT2D eigenvalue weighted by atomic mass is 32.1. The van der Waals surface area contributed by atoms with E-state index in [1.807, 2.05) is 0 Å². The first-order valence-corrected chi connectivity index (χ1v) is 4.47. The minimum atomic E-state index is -1.38. The number of nitrogens with one attached hydrogen (secondary N) is 1. The van der Waals surface area contributed by atoms with Crippen molar-refractivity contribution in [2.45, 2.75) is 6.10 Å². The zero-order chi connectivity index (χ0) is 10.6. The number of carbonyl (C=O) groups is 2. The van der Waals surface area contributed by atoms with Crippen molar-refractivity contribution in [1.29, 1.82) is 0 Å². The van der Waals surface area contributed by atoms with Gasteiger partial charge in [0.25, 0.3) is 5.91 Å². The molecule has 1 rings (SSSR count). The number of aliphatic hydroxyl groups excluding tert-OH is 1. The van der Waals surface area contributed by atoms with Gasteiger partial charge in [0.05, 0.1) is 6.54 Å². The number of hydrogen-bond acceptors (Lipinski definition) is 6. The largest absolute Gasteiger partial charge is 0.381 e. The summed E-state index contributed by atoms with van der Waals surface area (Å²) in [7, 11) is 0. The number of nitrogens with two attached hydrogens (primary N) is 1. The SMILES string of the molecule is NC(=O)C(O)CNC(=O)c1csnn1. The standard InChI is InChI=1S/C6H8N4O3S/c7-5(12)4(11)1-8-6(13)3-2-14-10-9-3/h2,4,11H,1H2,(H2,7,12)(H,8,13). The molecule has 0 bridgehead atoms. The van der Waals surface area contributed by atoms with E-state index in [1.54, 1.807) is 0 Å². The summed E-state index contributed by atoms with van der Waals surface area (Å²) in [6, 6.07) is 0. The monoisotopic (exact) mass is 216 g/mol. The first kappa shape index (κ1) is 10.5. The first-order valence-electron chi connectivity index (χ1n) is 3.64. The zero-order valence-corrected chi connectivity index (χ0v) is 7.82. The second kappa shape index (κ2) is 4.63. The van der Waals surface area contributed by atoms with Gasteiger partial charge in [0.2, 0.25) is 5.91 Å². The average Bonchev–Trinajstić information content (AvgIpc) is 2.66. The van der Waals surface area contributed by atoms with Crippen molar-refractivity contribution in [2.75, 3.05) is 6.54 Å². The second-order valence-corrected chi connectivity index (χ2v) is 3.03. The highest BCUT2D eigenvalue weighted by molar-refractivity contribution is 7.03. The van der Waals surface area contributed by atoms with Crippen molar-refractivity contribution in [3.05, 3.63) is 11.1 Å². The third-order valence-corrected chi connectivity index (χ3v) is 1.88. The van der Waals surface area contributed by atoms with Crippen LogP contribution in [0.3, 0.4) is 0 Å². The third kappa shape index (κ3) is 2.75. The lowest BCUT2D eigenvalue weighted by Crippen LogP contribution is -2.40. The molecule has 76 valence electrons. The smallest absolute Gasteiger partial charge is 0.272 e. The number of amides is 2. The number of primary amides is 1. The summed E-state index contributed by atoms with van der Waals surface area (Å²) < 4.78 is 3.48. The molecule has 0 saturated carbocycles. The molecular formula is C6H8N4O3S. The van der Waals surface area contributed by atoms with Gasteiger partial charge in [0, 0.05) is 5.38 Å². The van der Waals surface area contributed by atoms with E-state index in [9.17, 15) is 9.59 Å². The first-order chi connectivity index (χ1) is 6.61. The van der Waals surface area contributed by atoms with Crippen LogP contribution in [0.1, 0.15) is 10.5 Å². The van der Waals surface area contributed by atoms with Gasteiger partial charge in [-0.15, -0.1) is 5.10 Å². The summed E-state index contributed by atoms with van der Waals surface area (Å²) in [5, 5.41) is 16.2. The summed E-state index contributed by atoms with van der Waals surface area (Å²) in [5.74, 6) is -1.39. The van der Waals surface area contributed by atoms with Crippen molar-refractivity contribution >= 4 is 23.3 Å². The lowest BCUT2D eigenvalue weighted by atomic mass is 10.3. The van der Waals surface area contributed by atoms with Gasteiger partial charge in [-0.2, -0.15) is 0 Å². The quantitative estimate of drug-likeness (QED) is 0.544. The van der Waals surface area contributed by atoms with E-state index in [1.165, 1.54) is 5.38 Å². The van der Waals surface area contributed by atoms with Crippen molar-refractivity contribution in [2.24, 2.45) is 5.73 Å². The molecule has 0 aromatic carbocycles. The molecule has 1 unspecified atom stereocenters. The Balaban J connectivity index is 2.40. The van der Waals surface area contributed by atoms with Gasteiger partial charge in [0.1, 0.15) is 6.10 Å². The molecule has 1 aromatic heterocycles. The molecule has 8 heteroatoms. The summed E-state index contributed by atoms with van der Waals surface area (Å²) in [6.07, 6.45) is -1.38. The molecule has 0 radical (unpaired) electrons. The lowest BCUT2D eigenvalue weighted by Gasteiger charge is -2.06. The number of nitrogens with zero attached hydrogens (tertiary/aromatic N) is 2. The molecule has 0 aliphatic rings. The van der Waals surface area contributed by atoms with Crippen LogP contribution in [0.2, 0.25) is 0 Å². The maximum Gasteiger partial charge on any atom is 0.272 e. The molecular weight excluding hydrogens is 208 g/mol. The molecule has 0 fully saturated rings. The third-order valence-electron chi connectivity index (χ3n) is 1.38. The van der Waals surface area contributed by atoms with E-state index in [-0.39, 0.29) is 12.2 Å². The second-order valence-electron chi connectivity index (χ2n) is 2.42. The number of hydrogen-bond donors (Lipinski definition) is 3. The van der Waals surface area contributed by atoms with Crippen LogP contribution in [0, 0.1) is 0 Å². The van der Waals surface area contributed by atoms with Gasteiger partial charge < -0.3 is 16.2 Å². The van der Waals surface area contributed by atoms with E-state index in [2.05, 4.69) is 14.9 Å². The molecule has 0 spiro atoms. The highest BCUT2D eigenvalue weighted by Crippen LogP contribution is 1.95. The van der Waals surface area contributed by atoms with Crippen LogP contribution in [0.15, 0.2) is 5.38 Å². The van der Waals surface area contributed by atoms with Crippen LogP contribution in [0.5, 0.6) is 0 Å². The van der Waals surface area contributed by atoms with Gasteiger partial charge >= 0.3 is 0 Å². The molecule has 7 nitrogen and oxygen atoms in total. The van der Waals surface area contributed by atoms with Crippen molar-refractivity contribution in [1.82, 2.24) is 14.9 Å². The predicted octanol–water partition coefficient (Wildman–Crippen LogP) is -1.89. The molecule has 1 aromatic rings. The average molecular weight is 216 g/mol. The Morgan fingerprint density at radius 1 is 1.71 bits per heavy atom. The number of rotatable bonds is 4. The van der Waals surface area contributed by atoms with E-state index in [0.29, 0.717) is 0 Å². The maximum atomic E-state index is 11.2. The van der Waals surface area contributed by atoms with Gasteiger partial charge in [0.15, 0.2) is 5.69 Å². The fraction of sp³-hybridized carbons (Fsp3) is 0.333. The Bertz CT molecular complexity index is 326. The van der Waals surface area contributed by atoms with Crippen molar-refractivity contribution < 1.29 is 14.7 Å². The zero-order valence-electron chi connectivity index (χ0n) is 7.01. The Hall–Kier alpha value is -1.54. The summed E-state index contributed by atoms with van der Waals surface area (Å²) >= 11 is 1.03. The van der Waals surface area contributed by atoms with Crippen LogP contribution >= 0.6 is 11.5 Å². The summed E-state index contributed by atoms with van der Waals surface area (Å²) in [5.41, 5.74) is 4.92. The molecule has 1 atom stereocenters. The number of aromatic nitrogens is 2. The van der Waals surface area contributed by atoms with Crippen LogP contribution in [0.4, 0.5) is 0 Å². The Morgan fingerprint density at radius 3 is 2.93 bits per heavy atom. The molecule has 1 heterocycles. The van der Waals surface area contributed by atoms with Crippen LogP contribution < -0.4 is 11.1 Å². The summed E-state index contributed by atoms with van der Waals surface area (Å²) in [4.78, 5) is 21.6. The van der Waals surface area contributed by atoms with E-state index < -0.39 is 17.9 Å². The maximum absolute atomic E-state index is 11.2. The molecule has 0 aliphatic heterocycles. The Labute approximate surface area is 83.1 Å². The van der Waals surface area contributed by atoms with Crippen LogP contribution in [-0.2, 0) is 4.79 Å². The molecule has 4 N–H and O–H groups in total. The predicted molar refractivity (Wildman–Crippen MR) is 47.4 cm³/mol. The number of carbonyl (C=O) groups excluding carboxylic acids is 2. The topological polar surface area (TPSA) is 118 Å². The van der Waals surface area contributed by atoms with Gasteiger partial charge in [-0.05, 0) is 11.5 Å². The van der Waals surface area contributed by atoms with E-state index in [4.69, 9.17) is 10.8 Å². The summed E-state index contributed by atoms with van der Waals surface area (Å²) in [6.45, 7) is -0.230. The Kier molecular flexibility index (Phi) is 3.48. The molecule has 2 amide bonds. The van der Waals surface area contributed by atoms with E-state index >= 15 is 0 Å². The Morgan fingerprint density at radius 2 is 2.43 bits per heavy atom. The fourth-order valence-corrected chi connectivity index (χ4v) is 1.08.